The summed E-state index contributed by atoms with van der Waals surface area (Å²) in [7, 11) is 0. The van der Waals surface area contributed by atoms with Crippen LogP contribution in [0.5, 0.6) is 0 Å². The molecule has 0 heterocycles. The number of ether oxygens (including phenoxy) is 2. The maximum Gasteiger partial charge on any atom is 0.323 e. The summed E-state index contributed by atoms with van der Waals surface area (Å²) in [5.74, 6) is 0.763. The number of carbonyl (C=O) groups is 2. The second kappa shape index (κ2) is 7.71. The lowest BCUT2D eigenvalue weighted by molar-refractivity contribution is -0.172. The molecular formula is C17H30O4S. The minimum atomic E-state index is -1.10. The van der Waals surface area contributed by atoms with Crippen molar-refractivity contribution in [3.63, 3.8) is 0 Å². The third-order valence-electron chi connectivity index (χ3n) is 4.15. The van der Waals surface area contributed by atoms with Crippen molar-refractivity contribution >= 4 is 23.7 Å². The van der Waals surface area contributed by atoms with Gasteiger partial charge >= 0.3 is 11.9 Å². The van der Waals surface area contributed by atoms with Crippen LogP contribution in [0.1, 0.15) is 54.4 Å². The van der Waals surface area contributed by atoms with Crippen LogP contribution >= 0.6 is 11.8 Å². The maximum absolute atomic E-state index is 12.4. The Morgan fingerprint density at radius 2 is 1.59 bits per heavy atom. The minimum absolute atomic E-state index is 0.179. The number of hydrogen-bond donors (Lipinski definition) is 0. The summed E-state index contributed by atoms with van der Waals surface area (Å²) in [6.45, 7) is 12.8. The summed E-state index contributed by atoms with van der Waals surface area (Å²) in [6.07, 6.45) is 1.06. The normalized spacial score (nSPS) is 24.1. The van der Waals surface area contributed by atoms with Crippen LogP contribution in [0.25, 0.3) is 0 Å². The van der Waals surface area contributed by atoms with Gasteiger partial charge in [0.2, 0.25) is 0 Å². The topological polar surface area (TPSA) is 52.6 Å². The molecule has 2 atom stereocenters. The summed E-state index contributed by atoms with van der Waals surface area (Å²) in [5, 5.41) is 0. The lowest BCUT2D eigenvalue weighted by Gasteiger charge is -2.25. The minimum Gasteiger partial charge on any atom is -0.465 e. The third-order valence-corrected chi connectivity index (χ3v) is 5.61. The highest BCUT2D eigenvalue weighted by molar-refractivity contribution is 8.00. The van der Waals surface area contributed by atoms with E-state index in [-0.39, 0.29) is 18.0 Å². The summed E-state index contributed by atoms with van der Waals surface area (Å²) in [4.78, 5) is 24.9. The molecule has 0 saturated heterocycles. The van der Waals surface area contributed by atoms with Gasteiger partial charge in [-0.15, -0.1) is 0 Å². The zero-order valence-corrected chi connectivity index (χ0v) is 15.5. The molecule has 0 aliphatic heterocycles. The van der Waals surface area contributed by atoms with Crippen LogP contribution in [0.2, 0.25) is 0 Å². The molecule has 1 rings (SSSR count). The second-order valence-corrected chi connectivity index (χ2v) is 8.94. The number of rotatable bonds is 6. The molecule has 0 aromatic rings. The Hall–Kier alpha value is -0.710. The van der Waals surface area contributed by atoms with Crippen molar-refractivity contribution in [1.29, 1.82) is 0 Å². The van der Waals surface area contributed by atoms with Crippen molar-refractivity contribution in [2.45, 2.75) is 59.1 Å². The van der Waals surface area contributed by atoms with Crippen LogP contribution < -0.4 is 0 Å². The van der Waals surface area contributed by atoms with Gasteiger partial charge in [-0.3, -0.25) is 9.59 Å². The smallest absolute Gasteiger partial charge is 0.323 e. The van der Waals surface area contributed by atoms with E-state index in [2.05, 4.69) is 27.7 Å². The highest BCUT2D eigenvalue weighted by Gasteiger charge is 2.56. The van der Waals surface area contributed by atoms with E-state index < -0.39 is 17.4 Å². The van der Waals surface area contributed by atoms with E-state index >= 15 is 0 Å². The standard InChI is InChI=1S/C17H30O4S/c1-7-20-14(18)17(15(19)21-8-2)9-12(3)13(10-17)11-22-16(4,5)6/h12-13H,7-11H2,1-6H3. The fraction of sp³-hybridized carbons (Fsp3) is 0.882. The van der Waals surface area contributed by atoms with Gasteiger partial charge in [-0.1, -0.05) is 27.7 Å². The van der Waals surface area contributed by atoms with E-state index in [0.717, 1.165) is 5.75 Å². The van der Waals surface area contributed by atoms with Crippen LogP contribution in [-0.2, 0) is 19.1 Å². The second-order valence-electron chi connectivity index (χ2n) is 7.09. The first-order chi connectivity index (χ1) is 10.2. The van der Waals surface area contributed by atoms with Crippen molar-refractivity contribution < 1.29 is 19.1 Å². The SMILES string of the molecule is CCOC(=O)C1(C(=O)OCC)CC(C)C(CSC(C)(C)C)C1. The Morgan fingerprint density at radius 1 is 1.09 bits per heavy atom. The quantitative estimate of drug-likeness (QED) is 0.549. The van der Waals surface area contributed by atoms with Crippen LogP contribution in [0.15, 0.2) is 0 Å². The van der Waals surface area contributed by atoms with Crippen molar-refractivity contribution in [3.8, 4) is 0 Å². The summed E-state index contributed by atoms with van der Waals surface area (Å²) >= 11 is 1.88. The Labute approximate surface area is 138 Å². The Balaban J connectivity index is 2.90. The molecule has 1 fully saturated rings. The summed E-state index contributed by atoms with van der Waals surface area (Å²) in [5.41, 5.74) is -1.10. The molecule has 1 aliphatic rings. The molecule has 0 radical (unpaired) electrons. The number of esters is 2. The number of hydrogen-bond acceptors (Lipinski definition) is 5. The lowest BCUT2D eigenvalue weighted by Crippen LogP contribution is -2.40. The van der Waals surface area contributed by atoms with Crippen molar-refractivity contribution in [2.24, 2.45) is 17.3 Å². The molecule has 0 spiro atoms. The third kappa shape index (κ3) is 4.64. The number of carbonyl (C=O) groups excluding carboxylic acids is 2. The van der Waals surface area contributed by atoms with Crippen LogP contribution in [0.3, 0.4) is 0 Å². The van der Waals surface area contributed by atoms with Crippen molar-refractivity contribution in [3.05, 3.63) is 0 Å². The zero-order chi connectivity index (χ0) is 17.0. The predicted molar refractivity (Wildman–Crippen MR) is 89.8 cm³/mol. The number of thioether (sulfide) groups is 1. The predicted octanol–water partition coefficient (Wildman–Crippen LogP) is 3.68. The molecule has 0 amide bonds. The molecule has 0 aromatic carbocycles. The first-order valence-electron chi connectivity index (χ1n) is 8.14. The molecule has 0 N–H and O–H groups in total. The van der Waals surface area contributed by atoms with Gasteiger partial charge in [-0.25, -0.2) is 0 Å². The van der Waals surface area contributed by atoms with Gasteiger partial charge in [0.25, 0.3) is 0 Å². The molecule has 128 valence electrons. The highest BCUT2D eigenvalue weighted by atomic mass is 32.2. The molecule has 4 nitrogen and oxygen atoms in total. The Kier molecular flexibility index (Phi) is 6.78. The van der Waals surface area contributed by atoms with Gasteiger partial charge in [0, 0.05) is 4.75 Å². The molecule has 5 heteroatoms. The molecule has 2 unspecified atom stereocenters. The largest absolute Gasteiger partial charge is 0.465 e. The lowest BCUT2D eigenvalue weighted by atomic mass is 9.85. The molecule has 1 aliphatic carbocycles. The van der Waals surface area contributed by atoms with Crippen LogP contribution in [0.4, 0.5) is 0 Å². The van der Waals surface area contributed by atoms with Gasteiger partial charge in [0.1, 0.15) is 0 Å². The van der Waals surface area contributed by atoms with Gasteiger partial charge in [-0.05, 0) is 44.3 Å². The average Bonchev–Trinajstić information content (AvgIpc) is 2.75. The van der Waals surface area contributed by atoms with E-state index in [4.69, 9.17) is 9.47 Å². The van der Waals surface area contributed by atoms with Crippen molar-refractivity contribution in [1.82, 2.24) is 0 Å². The first-order valence-corrected chi connectivity index (χ1v) is 9.13. The Morgan fingerprint density at radius 3 is 2.00 bits per heavy atom. The summed E-state index contributed by atoms with van der Waals surface area (Å²) in [6, 6.07) is 0. The van der Waals surface area contributed by atoms with Crippen LogP contribution in [-0.4, -0.2) is 35.7 Å². The van der Waals surface area contributed by atoms with Gasteiger partial charge in [0.05, 0.1) is 13.2 Å². The van der Waals surface area contributed by atoms with E-state index in [1.807, 2.05) is 11.8 Å². The molecule has 0 aromatic heterocycles. The fourth-order valence-corrected chi connectivity index (χ4v) is 4.14. The maximum atomic E-state index is 12.4. The first kappa shape index (κ1) is 19.3. The monoisotopic (exact) mass is 330 g/mol. The Bertz CT molecular complexity index is 382. The molecular weight excluding hydrogens is 300 g/mol. The molecule has 22 heavy (non-hydrogen) atoms. The summed E-state index contributed by atoms with van der Waals surface area (Å²) < 4.78 is 10.6. The molecule has 0 bridgehead atoms. The van der Waals surface area contributed by atoms with Crippen molar-refractivity contribution in [2.75, 3.05) is 19.0 Å². The van der Waals surface area contributed by atoms with Crippen LogP contribution in [0, 0.1) is 17.3 Å². The molecule has 1 saturated carbocycles. The average molecular weight is 330 g/mol. The van der Waals surface area contributed by atoms with E-state index in [1.165, 1.54) is 0 Å². The fourth-order valence-electron chi connectivity index (χ4n) is 2.98. The van der Waals surface area contributed by atoms with E-state index in [1.54, 1.807) is 13.8 Å². The van der Waals surface area contributed by atoms with Gasteiger partial charge in [0.15, 0.2) is 5.41 Å². The van der Waals surface area contributed by atoms with E-state index in [0.29, 0.717) is 24.7 Å². The highest BCUT2D eigenvalue weighted by Crippen LogP contribution is 2.49. The van der Waals surface area contributed by atoms with Gasteiger partial charge < -0.3 is 9.47 Å². The van der Waals surface area contributed by atoms with Gasteiger partial charge in [-0.2, -0.15) is 11.8 Å². The zero-order valence-electron chi connectivity index (χ0n) is 14.7. The van der Waals surface area contributed by atoms with E-state index in [9.17, 15) is 9.59 Å².